The van der Waals surface area contributed by atoms with Crippen molar-refractivity contribution >= 4 is 17.6 Å². The van der Waals surface area contributed by atoms with Gasteiger partial charge in [-0.2, -0.15) is 4.99 Å². The van der Waals surface area contributed by atoms with Crippen molar-refractivity contribution < 1.29 is 0 Å². The van der Waals surface area contributed by atoms with E-state index in [4.69, 9.17) is 17.2 Å². The average Bonchev–Trinajstić information content (AvgIpc) is 2.81. The Morgan fingerprint density at radius 3 is 2.79 bits per heavy atom. The van der Waals surface area contributed by atoms with Gasteiger partial charge in [-0.3, -0.25) is 0 Å². The molecule has 0 fully saturated rings. The van der Waals surface area contributed by atoms with Crippen LogP contribution in [0, 0.1) is 0 Å². The van der Waals surface area contributed by atoms with E-state index in [9.17, 15) is 0 Å². The molecule has 2 rings (SSSR count). The second-order valence-electron chi connectivity index (χ2n) is 3.91. The van der Waals surface area contributed by atoms with Crippen LogP contribution in [0.2, 0.25) is 0 Å². The molecular weight excluding hydrogens is 242 g/mol. The molecule has 6 N–H and O–H groups in total. The standard InChI is InChI=1S/C12H15N7/c13-11(14)18-12(15)17-10-3-1-2-9(6-10)7-19-5-4-16-8-19/h1-6,8H,7H2,(H6,13,14,15,17,18). The van der Waals surface area contributed by atoms with E-state index in [1.165, 1.54) is 0 Å². The van der Waals surface area contributed by atoms with E-state index in [-0.39, 0.29) is 11.9 Å². The van der Waals surface area contributed by atoms with E-state index in [0.29, 0.717) is 12.2 Å². The summed E-state index contributed by atoms with van der Waals surface area (Å²) < 4.78 is 1.96. The third-order valence-electron chi connectivity index (χ3n) is 2.32. The van der Waals surface area contributed by atoms with Crippen molar-refractivity contribution in [3.8, 4) is 0 Å². The van der Waals surface area contributed by atoms with Crippen molar-refractivity contribution in [2.45, 2.75) is 6.54 Å². The zero-order valence-corrected chi connectivity index (χ0v) is 10.3. The van der Waals surface area contributed by atoms with E-state index in [1.807, 2.05) is 35.0 Å². The molecule has 0 amide bonds. The van der Waals surface area contributed by atoms with Crippen LogP contribution in [-0.4, -0.2) is 21.5 Å². The van der Waals surface area contributed by atoms with Crippen LogP contribution in [-0.2, 0) is 6.54 Å². The summed E-state index contributed by atoms with van der Waals surface area (Å²) in [6.07, 6.45) is 5.38. The second kappa shape index (κ2) is 5.67. The number of nitrogens with zero attached hydrogens (tertiary/aromatic N) is 4. The Bertz CT molecular complexity index is 594. The van der Waals surface area contributed by atoms with Crippen LogP contribution in [0.25, 0.3) is 0 Å². The molecule has 1 heterocycles. The van der Waals surface area contributed by atoms with Crippen LogP contribution in [0.1, 0.15) is 5.56 Å². The fraction of sp³-hybridized carbons (Fsp3) is 0.0833. The maximum absolute atomic E-state index is 5.58. The number of benzene rings is 1. The van der Waals surface area contributed by atoms with Crippen LogP contribution in [0.4, 0.5) is 5.69 Å². The zero-order chi connectivity index (χ0) is 13.7. The van der Waals surface area contributed by atoms with Gasteiger partial charge in [0, 0.05) is 18.9 Å². The summed E-state index contributed by atoms with van der Waals surface area (Å²) in [5.74, 6) is -0.0874. The first-order valence-corrected chi connectivity index (χ1v) is 5.62. The van der Waals surface area contributed by atoms with Crippen molar-refractivity contribution in [3.05, 3.63) is 48.5 Å². The highest BCUT2D eigenvalue weighted by Crippen LogP contribution is 2.15. The number of hydrogen-bond acceptors (Lipinski definition) is 2. The lowest BCUT2D eigenvalue weighted by molar-refractivity contribution is 0.797. The van der Waals surface area contributed by atoms with Gasteiger partial charge in [-0.25, -0.2) is 9.98 Å². The van der Waals surface area contributed by atoms with Crippen LogP contribution in [0.3, 0.4) is 0 Å². The summed E-state index contributed by atoms with van der Waals surface area (Å²) in [5.41, 5.74) is 17.8. The number of aliphatic imine (C=N–C) groups is 2. The summed E-state index contributed by atoms with van der Waals surface area (Å²) in [6, 6.07) is 7.63. The Kier molecular flexibility index (Phi) is 3.77. The molecule has 0 saturated carbocycles. The quantitative estimate of drug-likeness (QED) is 0.535. The Labute approximate surface area is 110 Å². The summed E-state index contributed by atoms with van der Waals surface area (Å²) >= 11 is 0. The summed E-state index contributed by atoms with van der Waals surface area (Å²) in [6.45, 7) is 0.714. The summed E-state index contributed by atoms with van der Waals surface area (Å²) in [5, 5.41) is 0. The van der Waals surface area contributed by atoms with E-state index in [1.54, 1.807) is 12.5 Å². The Balaban J connectivity index is 2.17. The molecule has 0 aliphatic rings. The Hall–Kier alpha value is -2.83. The molecule has 0 aliphatic heterocycles. The monoisotopic (exact) mass is 257 g/mol. The van der Waals surface area contributed by atoms with Crippen LogP contribution in [0.5, 0.6) is 0 Å². The van der Waals surface area contributed by atoms with Gasteiger partial charge in [-0.1, -0.05) is 12.1 Å². The topological polar surface area (TPSA) is 121 Å². The molecule has 19 heavy (non-hydrogen) atoms. The van der Waals surface area contributed by atoms with E-state index in [0.717, 1.165) is 5.56 Å². The molecule has 1 aromatic carbocycles. The molecule has 0 saturated heterocycles. The minimum absolute atomic E-state index is 0.0276. The van der Waals surface area contributed by atoms with Gasteiger partial charge in [0.1, 0.15) is 0 Å². The molecule has 0 radical (unpaired) electrons. The molecule has 7 nitrogen and oxygen atoms in total. The van der Waals surface area contributed by atoms with Crippen molar-refractivity contribution in [2.24, 2.45) is 27.2 Å². The number of imidazole rings is 1. The number of rotatable bonds is 3. The fourth-order valence-electron chi connectivity index (χ4n) is 1.60. The first kappa shape index (κ1) is 12.6. The highest BCUT2D eigenvalue weighted by atomic mass is 15.1. The van der Waals surface area contributed by atoms with Crippen LogP contribution in [0.15, 0.2) is 53.0 Å². The number of guanidine groups is 2. The molecule has 0 unspecified atom stereocenters. The third-order valence-corrected chi connectivity index (χ3v) is 2.32. The van der Waals surface area contributed by atoms with Crippen LogP contribution >= 0.6 is 0 Å². The predicted octanol–water partition coefficient (Wildman–Crippen LogP) is 0.151. The third kappa shape index (κ3) is 3.84. The van der Waals surface area contributed by atoms with E-state index < -0.39 is 0 Å². The highest BCUT2D eigenvalue weighted by molar-refractivity contribution is 5.93. The first-order chi connectivity index (χ1) is 9.13. The Morgan fingerprint density at radius 1 is 1.26 bits per heavy atom. The van der Waals surface area contributed by atoms with Gasteiger partial charge in [0.15, 0.2) is 5.96 Å². The molecule has 0 bridgehead atoms. The van der Waals surface area contributed by atoms with Gasteiger partial charge in [0.25, 0.3) is 0 Å². The van der Waals surface area contributed by atoms with Crippen molar-refractivity contribution in [1.29, 1.82) is 0 Å². The molecule has 0 aliphatic carbocycles. The van der Waals surface area contributed by atoms with Crippen molar-refractivity contribution in [1.82, 2.24) is 9.55 Å². The molecule has 98 valence electrons. The first-order valence-electron chi connectivity index (χ1n) is 5.62. The van der Waals surface area contributed by atoms with Crippen LogP contribution < -0.4 is 17.2 Å². The van der Waals surface area contributed by atoms with Gasteiger partial charge in [-0.15, -0.1) is 0 Å². The fourth-order valence-corrected chi connectivity index (χ4v) is 1.60. The minimum atomic E-state index is -0.115. The predicted molar refractivity (Wildman–Crippen MR) is 74.9 cm³/mol. The second-order valence-corrected chi connectivity index (χ2v) is 3.91. The number of aromatic nitrogens is 2. The molecule has 2 aromatic rings. The van der Waals surface area contributed by atoms with Gasteiger partial charge < -0.3 is 21.8 Å². The summed E-state index contributed by atoms with van der Waals surface area (Å²) in [4.78, 5) is 11.8. The highest BCUT2D eigenvalue weighted by Gasteiger charge is 1.98. The van der Waals surface area contributed by atoms with E-state index >= 15 is 0 Å². The average molecular weight is 257 g/mol. The molecule has 7 heteroatoms. The molecule has 0 spiro atoms. The molecular formula is C12H15N7. The summed E-state index contributed by atoms with van der Waals surface area (Å²) in [7, 11) is 0. The van der Waals surface area contributed by atoms with Gasteiger partial charge in [-0.05, 0) is 17.7 Å². The van der Waals surface area contributed by atoms with Gasteiger partial charge in [0.05, 0.1) is 12.0 Å². The zero-order valence-electron chi connectivity index (χ0n) is 10.3. The Morgan fingerprint density at radius 2 is 2.11 bits per heavy atom. The molecule has 1 aromatic heterocycles. The van der Waals surface area contributed by atoms with Gasteiger partial charge >= 0.3 is 0 Å². The van der Waals surface area contributed by atoms with Crippen molar-refractivity contribution in [2.75, 3.05) is 0 Å². The normalized spacial score (nSPS) is 11.3. The smallest absolute Gasteiger partial charge is 0.223 e. The van der Waals surface area contributed by atoms with E-state index in [2.05, 4.69) is 15.0 Å². The largest absolute Gasteiger partial charge is 0.370 e. The number of nitrogens with two attached hydrogens (primary N) is 3. The minimum Gasteiger partial charge on any atom is -0.370 e. The lowest BCUT2D eigenvalue weighted by atomic mass is 10.2. The lowest BCUT2D eigenvalue weighted by Gasteiger charge is -2.03. The number of hydrogen-bond donors (Lipinski definition) is 3. The van der Waals surface area contributed by atoms with Gasteiger partial charge in [0.2, 0.25) is 5.96 Å². The molecule has 0 atom stereocenters. The lowest BCUT2D eigenvalue weighted by Crippen LogP contribution is -2.26. The van der Waals surface area contributed by atoms with Crippen molar-refractivity contribution in [3.63, 3.8) is 0 Å². The maximum Gasteiger partial charge on any atom is 0.223 e. The SMILES string of the molecule is NC(N)=NC(N)=Nc1cccc(Cn2ccnc2)c1. The maximum atomic E-state index is 5.58.